The highest BCUT2D eigenvalue weighted by Gasteiger charge is 2.16. The van der Waals surface area contributed by atoms with Crippen molar-refractivity contribution in [3.05, 3.63) is 47.5 Å². The Bertz CT molecular complexity index is 392. The van der Waals surface area contributed by atoms with Crippen LogP contribution in [0.1, 0.15) is 36.5 Å². The van der Waals surface area contributed by atoms with Crippen molar-refractivity contribution in [2.45, 2.75) is 32.3 Å². The summed E-state index contributed by atoms with van der Waals surface area (Å²) in [4.78, 5) is 11.8. The fraction of sp³-hybridized carbons (Fsp3) is 0.357. The monoisotopic (exact) mass is 216 g/mol. The van der Waals surface area contributed by atoms with Gasteiger partial charge in [0.1, 0.15) is 6.10 Å². The second-order valence-electron chi connectivity index (χ2n) is 4.22. The number of hydrogen-bond acceptors (Lipinski definition) is 2. The molecule has 0 spiro atoms. The molecule has 0 saturated carbocycles. The van der Waals surface area contributed by atoms with Crippen molar-refractivity contribution in [1.29, 1.82) is 0 Å². The van der Waals surface area contributed by atoms with E-state index in [1.165, 1.54) is 5.57 Å². The molecule has 1 aliphatic rings. The van der Waals surface area contributed by atoms with Crippen LogP contribution < -0.4 is 0 Å². The van der Waals surface area contributed by atoms with Gasteiger partial charge in [-0.3, -0.25) is 0 Å². The summed E-state index contributed by atoms with van der Waals surface area (Å²) in [6, 6.07) is 9.14. The lowest BCUT2D eigenvalue weighted by molar-refractivity contribution is 0.0367. The van der Waals surface area contributed by atoms with Crippen molar-refractivity contribution in [3.8, 4) is 0 Å². The number of hydrogen-bond donors (Lipinski definition) is 0. The molecule has 0 heterocycles. The zero-order valence-corrected chi connectivity index (χ0v) is 9.48. The van der Waals surface area contributed by atoms with Crippen LogP contribution in [0.2, 0.25) is 0 Å². The summed E-state index contributed by atoms with van der Waals surface area (Å²) in [5, 5.41) is 0. The average Bonchev–Trinajstić information content (AvgIpc) is 2.30. The first-order valence-corrected chi connectivity index (χ1v) is 5.69. The highest BCUT2D eigenvalue weighted by molar-refractivity contribution is 5.89. The van der Waals surface area contributed by atoms with Crippen LogP contribution in [0.4, 0.5) is 0 Å². The fourth-order valence-corrected chi connectivity index (χ4v) is 1.94. The van der Waals surface area contributed by atoms with Gasteiger partial charge >= 0.3 is 5.97 Å². The van der Waals surface area contributed by atoms with Crippen molar-refractivity contribution < 1.29 is 9.53 Å². The highest BCUT2D eigenvalue weighted by Crippen LogP contribution is 2.20. The molecule has 0 aromatic heterocycles. The normalized spacial score (nSPS) is 20.1. The first kappa shape index (κ1) is 10.9. The smallest absolute Gasteiger partial charge is 0.338 e. The summed E-state index contributed by atoms with van der Waals surface area (Å²) < 4.78 is 5.43. The van der Waals surface area contributed by atoms with Gasteiger partial charge in [-0.05, 0) is 44.4 Å². The minimum absolute atomic E-state index is 0.0403. The molecule has 84 valence electrons. The summed E-state index contributed by atoms with van der Waals surface area (Å²) in [7, 11) is 0. The third-order valence-corrected chi connectivity index (χ3v) is 2.80. The maximum absolute atomic E-state index is 11.8. The Labute approximate surface area is 95.9 Å². The molecule has 0 N–H and O–H groups in total. The Balaban J connectivity index is 2.00. The molecule has 2 rings (SSSR count). The van der Waals surface area contributed by atoms with Crippen molar-refractivity contribution in [3.63, 3.8) is 0 Å². The molecule has 0 amide bonds. The van der Waals surface area contributed by atoms with Gasteiger partial charge in [0.05, 0.1) is 5.56 Å². The van der Waals surface area contributed by atoms with Crippen LogP contribution in [0.5, 0.6) is 0 Å². The fourth-order valence-electron chi connectivity index (χ4n) is 1.94. The molecule has 0 fully saturated rings. The van der Waals surface area contributed by atoms with Gasteiger partial charge in [0.15, 0.2) is 0 Å². The lowest BCUT2D eigenvalue weighted by atomic mass is 9.99. The number of benzene rings is 1. The quantitative estimate of drug-likeness (QED) is 0.560. The van der Waals surface area contributed by atoms with Gasteiger partial charge in [-0.15, -0.1) is 0 Å². The topological polar surface area (TPSA) is 26.3 Å². The number of carbonyl (C=O) groups excluding carboxylic acids is 1. The Morgan fingerprint density at radius 1 is 1.31 bits per heavy atom. The number of carbonyl (C=O) groups is 1. The van der Waals surface area contributed by atoms with E-state index in [2.05, 4.69) is 13.0 Å². The first-order valence-electron chi connectivity index (χ1n) is 5.69. The van der Waals surface area contributed by atoms with E-state index in [1.807, 2.05) is 18.2 Å². The summed E-state index contributed by atoms with van der Waals surface area (Å²) in [6.07, 6.45) is 5.19. The Morgan fingerprint density at radius 3 is 2.75 bits per heavy atom. The van der Waals surface area contributed by atoms with Gasteiger partial charge in [-0.1, -0.05) is 23.8 Å². The molecule has 0 bridgehead atoms. The Hall–Kier alpha value is -1.57. The van der Waals surface area contributed by atoms with E-state index in [9.17, 15) is 4.79 Å². The number of esters is 1. The molecular formula is C14H16O2. The van der Waals surface area contributed by atoms with Crippen molar-refractivity contribution >= 4 is 5.97 Å². The van der Waals surface area contributed by atoms with Gasteiger partial charge < -0.3 is 4.74 Å². The molecule has 0 saturated heterocycles. The molecule has 2 nitrogen and oxygen atoms in total. The van der Waals surface area contributed by atoms with E-state index in [0.717, 1.165) is 19.3 Å². The van der Waals surface area contributed by atoms with Crippen LogP contribution in [0.25, 0.3) is 0 Å². The zero-order chi connectivity index (χ0) is 11.4. The molecule has 1 aliphatic carbocycles. The Kier molecular flexibility index (Phi) is 3.40. The molecule has 16 heavy (non-hydrogen) atoms. The largest absolute Gasteiger partial charge is 0.455 e. The molecule has 0 unspecified atom stereocenters. The van der Waals surface area contributed by atoms with Crippen molar-refractivity contribution in [2.75, 3.05) is 0 Å². The maximum atomic E-state index is 11.8. The first-order chi connectivity index (χ1) is 7.75. The predicted molar refractivity (Wildman–Crippen MR) is 63.3 cm³/mol. The minimum Gasteiger partial charge on any atom is -0.455 e. The van der Waals surface area contributed by atoms with Crippen LogP contribution in [0, 0.1) is 0 Å². The lowest BCUT2D eigenvalue weighted by Crippen LogP contribution is -2.18. The third kappa shape index (κ3) is 2.72. The maximum Gasteiger partial charge on any atom is 0.338 e. The van der Waals surface area contributed by atoms with Crippen LogP contribution >= 0.6 is 0 Å². The number of ether oxygens (including phenoxy) is 1. The number of rotatable bonds is 2. The Morgan fingerprint density at radius 2 is 2.06 bits per heavy atom. The molecular weight excluding hydrogens is 200 g/mol. The molecule has 2 heteroatoms. The van der Waals surface area contributed by atoms with Crippen LogP contribution in [-0.4, -0.2) is 12.1 Å². The van der Waals surface area contributed by atoms with E-state index in [-0.39, 0.29) is 12.1 Å². The van der Waals surface area contributed by atoms with E-state index < -0.39 is 0 Å². The number of allylic oxidation sites excluding steroid dienone is 1. The zero-order valence-electron chi connectivity index (χ0n) is 9.48. The van der Waals surface area contributed by atoms with E-state index in [4.69, 9.17) is 4.74 Å². The van der Waals surface area contributed by atoms with Gasteiger partial charge in [-0.2, -0.15) is 0 Å². The third-order valence-electron chi connectivity index (χ3n) is 2.80. The van der Waals surface area contributed by atoms with E-state index in [0.29, 0.717) is 5.56 Å². The van der Waals surface area contributed by atoms with Gasteiger partial charge in [0, 0.05) is 0 Å². The second kappa shape index (κ2) is 4.97. The van der Waals surface area contributed by atoms with Crippen LogP contribution in [-0.2, 0) is 4.74 Å². The lowest BCUT2D eigenvalue weighted by Gasteiger charge is -2.19. The minimum atomic E-state index is -0.225. The molecule has 0 aliphatic heterocycles. The van der Waals surface area contributed by atoms with E-state index >= 15 is 0 Å². The summed E-state index contributed by atoms with van der Waals surface area (Å²) in [5.74, 6) is -0.225. The van der Waals surface area contributed by atoms with E-state index in [1.54, 1.807) is 12.1 Å². The molecule has 1 aromatic rings. The average molecular weight is 216 g/mol. The van der Waals surface area contributed by atoms with Crippen molar-refractivity contribution in [2.24, 2.45) is 0 Å². The highest BCUT2D eigenvalue weighted by atomic mass is 16.5. The summed E-state index contributed by atoms with van der Waals surface area (Å²) in [6.45, 7) is 2.09. The molecule has 1 aromatic carbocycles. The van der Waals surface area contributed by atoms with Crippen LogP contribution in [0.3, 0.4) is 0 Å². The predicted octanol–water partition coefficient (Wildman–Crippen LogP) is 3.34. The second-order valence-corrected chi connectivity index (χ2v) is 4.22. The SMILES string of the molecule is CC1=C[C@@H](OC(=O)c2ccccc2)CCC1. The molecule has 0 radical (unpaired) electrons. The van der Waals surface area contributed by atoms with Gasteiger partial charge in [-0.25, -0.2) is 4.79 Å². The molecule has 1 atom stereocenters. The summed E-state index contributed by atoms with van der Waals surface area (Å²) in [5.41, 5.74) is 1.94. The summed E-state index contributed by atoms with van der Waals surface area (Å²) >= 11 is 0. The van der Waals surface area contributed by atoms with Crippen LogP contribution in [0.15, 0.2) is 42.0 Å². The van der Waals surface area contributed by atoms with Gasteiger partial charge in [0.25, 0.3) is 0 Å². The van der Waals surface area contributed by atoms with Crippen molar-refractivity contribution in [1.82, 2.24) is 0 Å². The standard InChI is InChI=1S/C14H16O2/c1-11-6-5-9-13(10-11)16-14(15)12-7-3-2-4-8-12/h2-4,7-8,10,13H,5-6,9H2,1H3/t13-/m0/s1. The van der Waals surface area contributed by atoms with Gasteiger partial charge in [0.2, 0.25) is 0 Å².